The van der Waals surface area contributed by atoms with E-state index < -0.39 is 0 Å². The average molecular weight is 398 g/mol. The number of nitrogens with zero attached hydrogens (tertiary/aromatic N) is 2. The zero-order valence-corrected chi connectivity index (χ0v) is 17.3. The monoisotopic (exact) mass is 397 g/mol. The lowest BCUT2D eigenvalue weighted by Gasteiger charge is -2.18. The van der Waals surface area contributed by atoms with Gasteiger partial charge < -0.3 is 5.32 Å². The van der Waals surface area contributed by atoms with Crippen molar-refractivity contribution in [1.82, 2.24) is 9.97 Å². The van der Waals surface area contributed by atoms with Crippen molar-refractivity contribution < 1.29 is 4.79 Å². The predicted molar refractivity (Wildman–Crippen MR) is 114 cm³/mol. The first-order valence-electron chi connectivity index (χ1n) is 9.43. The van der Waals surface area contributed by atoms with Crippen molar-refractivity contribution in [2.45, 2.75) is 38.3 Å². The molecule has 0 saturated carbocycles. The second-order valence-corrected chi connectivity index (χ2v) is 9.02. The number of carbonyl (C=O) groups excluding carboxylic acids is 1. The molecule has 27 heavy (non-hydrogen) atoms. The maximum absolute atomic E-state index is 12.4. The maximum Gasteiger partial charge on any atom is 0.191 e. The van der Waals surface area contributed by atoms with Crippen LogP contribution in [-0.2, 0) is 12.8 Å². The molecule has 3 aromatic rings. The molecule has 0 amide bonds. The number of carbonyl (C=O) groups is 1. The molecule has 4 nitrogen and oxygen atoms in total. The van der Waals surface area contributed by atoms with Gasteiger partial charge in [-0.25, -0.2) is 9.97 Å². The largest absolute Gasteiger partial charge is 0.370 e. The lowest BCUT2D eigenvalue weighted by Crippen LogP contribution is -2.09. The Labute approximate surface area is 167 Å². The van der Waals surface area contributed by atoms with Crippen LogP contribution in [0.3, 0.4) is 0 Å². The number of ketones is 1. The van der Waals surface area contributed by atoms with Gasteiger partial charge in [0.1, 0.15) is 10.6 Å². The lowest BCUT2D eigenvalue weighted by molar-refractivity contribution is 0.102. The molecule has 0 fully saturated rings. The molecule has 1 atom stereocenters. The molecular formula is C21H23N3OS2. The first kappa shape index (κ1) is 18.4. The Bertz CT molecular complexity index is 968. The second-order valence-electron chi connectivity index (χ2n) is 6.99. The van der Waals surface area contributed by atoms with Crippen molar-refractivity contribution in [3.63, 3.8) is 0 Å². The third-order valence-corrected chi connectivity index (χ3v) is 6.90. The molecule has 2 aromatic heterocycles. The van der Waals surface area contributed by atoms with E-state index >= 15 is 0 Å². The molecule has 0 saturated heterocycles. The average Bonchev–Trinajstić information content (AvgIpc) is 3.04. The van der Waals surface area contributed by atoms with E-state index in [4.69, 9.17) is 9.97 Å². The van der Waals surface area contributed by atoms with Crippen molar-refractivity contribution in [2.75, 3.05) is 17.6 Å². The smallest absolute Gasteiger partial charge is 0.191 e. The van der Waals surface area contributed by atoms with E-state index in [9.17, 15) is 4.79 Å². The van der Waals surface area contributed by atoms with Crippen LogP contribution < -0.4 is 5.32 Å². The van der Waals surface area contributed by atoms with E-state index in [-0.39, 0.29) is 5.78 Å². The van der Waals surface area contributed by atoms with Crippen LogP contribution in [0.2, 0.25) is 0 Å². The summed E-state index contributed by atoms with van der Waals surface area (Å²) in [6.45, 7) is 5.22. The minimum atomic E-state index is 0.105. The van der Waals surface area contributed by atoms with Gasteiger partial charge >= 0.3 is 0 Å². The Morgan fingerprint density at radius 2 is 2.11 bits per heavy atom. The van der Waals surface area contributed by atoms with Gasteiger partial charge in [-0.2, -0.15) is 0 Å². The molecular weight excluding hydrogens is 374 g/mol. The zero-order valence-electron chi connectivity index (χ0n) is 15.6. The van der Waals surface area contributed by atoms with Crippen LogP contribution >= 0.6 is 23.1 Å². The number of hydrogen-bond acceptors (Lipinski definition) is 6. The molecule has 1 N–H and O–H groups in total. The number of thioether (sulfide) groups is 1. The molecule has 1 aliphatic rings. The highest BCUT2D eigenvalue weighted by Crippen LogP contribution is 2.40. The summed E-state index contributed by atoms with van der Waals surface area (Å²) in [6.07, 6.45) is 3.47. The Hall–Kier alpha value is -1.92. The number of nitrogens with one attached hydrogen (secondary N) is 1. The zero-order chi connectivity index (χ0) is 18.8. The van der Waals surface area contributed by atoms with Crippen LogP contribution in [0.4, 0.5) is 5.82 Å². The topological polar surface area (TPSA) is 54.9 Å². The number of aromatic nitrogens is 2. The van der Waals surface area contributed by atoms with Gasteiger partial charge in [-0.3, -0.25) is 4.79 Å². The molecule has 0 bridgehead atoms. The quantitative estimate of drug-likeness (QED) is 0.351. The highest BCUT2D eigenvalue weighted by Gasteiger charge is 2.24. The van der Waals surface area contributed by atoms with E-state index in [1.165, 1.54) is 34.0 Å². The fourth-order valence-corrected chi connectivity index (χ4v) is 5.70. The normalized spacial score (nSPS) is 16.3. The van der Waals surface area contributed by atoms with Crippen molar-refractivity contribution in [2.24, 2.45) is 5.92 Å². The van der Waals surface area contributed by atoms with E-state index in [0.29, 0.717) is 10.9 Å². The summed E-state index contributed by atoms with van der Waals surface area (Å²) in [7, 11) is 0. The number of Topliss-reactive ketones (excluding diaryl/α,β-unsaturated/α-hetero) is 1. The van der Waals surface area contributed by atoms with Gasteiger partial charge in [-0.1, -0.05) is 49.0 Å². The Kier molecular flexibility index (Phi) is 5.45. The molecule has 1 aliphatic carbocycles. The fraction of sp³-hybridized carbons (Fsp3) is 0.381. The molecule has 0 spiro atoms. The van der Waals surface area contributed by atoms with Crippen LogP contribution in [0.25, 0.3) is 10.2 Å². The van der Waals surface area contributed by atoms with Crippen LogP contribution in [0, 0.1) is 5.92 Å². The summed E-state index contributed by atoms with van der Waals surface area (Å²) in [5.41, 5.74) is 2.17. The van der Waals surface area contributed by atoms with Gasteiger partial charge in [-0.05, 0) is 37.7 Å². The van der Waals surface area contributed by atoms with Crippen LogP contribution in [0.1, 0.15) is 41.1 Å². The summed E-state index contributed by atoms with van der Waals surface area (Å²) in [4.78, 5) is 24.4. The number of fused-ring (bicyclic) bond motifs is 3. The number of thiophene rings is 1. The summed E-state index contributed by atoms with van der Waals surface area (Å²) < 4.78 is 0. The number of anilines is 1. The van der Waals surface area contributed by atoms with Crippen molar-refractivity contribution in [3.8, 4) is 0 Å². The summed E-state index contributed by atoms with van der Waals surface area (Å²) in [5.74, 6) is 2.11. The SMILES string of the molecule is CCNc1nc(SCC(=O)c2ccccc2)nc2sc3c(c12)CC[C@H](C)C3. The number of hydrogen-bond donors (Lipinski definition) is 1. The molecule has 2 heterocycles. The lowest BCUT2D eigenvalue weighted by atomic mass is 9.89. The highest BCUT2D eigenvalue weighted by molar-refractivity contribution is 7.99. The van der Waals surface area contributed by atoms with E-state index in [0.717, 1.165) is 41.5 Å². The van der Waals surface area contributed by atoms with E-state index in [1.807, 2.05) is 30.3 Å². The fourth-order valence-electron chi connectivity index (χ4n) is 3.52. The molecule has 0 aliphatic heterocycles. The summed E-state index contributed by atoms with van der Waals surface area (Å²) in [5, 5.41) is 5.29. The minimum absolute atomic E-state index is 0.105. The Morgan fingerprint density at radius 3 is 2.89 bits per heavy atom. The van der Waals surface area contributed by atoms with Crippen LogP contribution in [0.5, 0.6) is 0 Å². The van der Waals surface area contributed by atoms with Gasteiger partial charge in [0.2, 0.25) is 0 Å². The second kappa shape index (κ2) is 7.98. The summed E-state index contributed by atoms with van der Waals surface area (Å²) >= 11 is 3.22. The van der Waals surface area contributed by atoms with Gasteiger partial charge in [0.05, 0.1) is 11.1 Å². The molecule has 6 heteroatoms. The molecule has 4 rings (SSSR count). The highest BCUT2D eigenvalue weighted by atomic mass is 32.2. The number of benzene rings is 1. The van der Waals surface area contributed by atoms with E-state index in [1.54, 1.807) is 11.3 Å². The first-order valence-corrected chi connectivity index (χ1v) is 11.2. The number of aryl methyl sites for hydroxylation is 1. The third-order valence-electron chi connectivity index (χ3n) is 4.91. The molecule has 140 valence electrons. The minimum Gasteiger partial charge on any atom is -0.370 e. The van der Waals surface area contributed by atoms with Gasteiger partial charge in [0, 0.05) is 17.0 Å². The van der Waals surface area contributed by atoms with Crippen molar-refractivity contribution in [1.29, 1.82) is 0 Å². The first-order chi connectivity index (χ1) is 13.2. The van der Waals surface area contributed by atoms with Gasteiger partial charge in [0.25, 0.3) is 0 Å². The molecule has 0 radical (unpaired) electrons. The van der Waals surface area contributed by atoms with Crippen LogP contribution in [-0.4, -0.2) is 28.0 Å². The van der Waals surface area contributed by atoms with Gasteiger partial charge in [0.15, 0.2) is 10.9 Å². The predicted octanol–water partition coefficient (Wildman–Crippen LogP) is 5.22. The van der Waals surface area contributed by atoms with Crippen molar-refractivity contribution >= 4 is 44.9 Å². The van der Waals surface area contributed by atoms with Crippen LogP contribution in [0.15, 0.2) is 35.5 Å². The Balaban J connectivity index is 1.63. The van der Waals surface area contributed by atoms with E-state index in [2.05, 4.69) is 19.2 Å². The standard InChI is InChI=1S/C21H23N3OS2/c1-3-22-19-18-15-10-9-13(2)11-17(15)27-20(18)24-21(23-19)26-12-16(25)14-7-5-4-6-8-14/h4-8,13H,3,9-12H2,1-2H3,(H,22,23,24)/t13-/m0/s1. The van der Waals surface area contributed by atoms with Crippen molar-refractivity contribution in [3.05, 3.63) is 46.3 Å². The Morgan fingerprint density at radius 1 is 1.30 bits per heavy atom. The maximum atomic E-state index is 12.4. The molecule has 0 unspecified atom stereocenters. The molecule has 1 aromatic carbocycles. The third kappa shape index (κ3) is 3.87. The van der Waals surface area contributed by atoms with Gasteiger partial charge in [-0.15, -0.1) is 11.3 Å². The summed E-state index contributed by atoms with van der Waals surface area (Å²) in [6, 6.07) is 9.40. The number of rotatable bonds is 6.